The zero-order valence-electron chi connectivity index (χ0n) is 30.4. The van der Waals surface area contributed by atoms with Crippen LogP contribution in [-0.4, -0.2) is 9.97 Å². The molecular weight excluding hydrogens is 681 g/mol. The van der Waals surface area contributed by atoms with Gasteiger partial charge in [-0.1, -0.05) is 188 Å². The van der Waals surface area contributed by atoms with E-state index in [0.717, 1.165) is 73.0 Å². The predicted molar refractivity (Wildman–Crippen MR) is 227 cm³/mol. The lowest BCUT2D eigenvalue weighted by Gasteiger charge is -2.39. The van der Waals surface area contributed by atoms with E-state index in [0.29, 0.717) is 5.82 Å². The van der Waals surface area contributed by atoms with Crippen molar-refractivity contribution in [2.75, 3.05) is 0 Å². The first-order valence-corrected chi connectivity index (χ1v) is 19.1. The van der Waals surface area contributed by atoms with Gasteiger partial charge in [0.25, 0.3) is 0 Å². The van der Waals surface area contributed by atoms with Crippen molar-refractivity contribution in [2.45, 2.75) is 5.41 Å². The number of fused-ring (bicyclic) bond motifs is 9. The first-order valence-electron chi connectivity index (χ1n) is 19.1. The summed E-state index contributed by atoms with van der Waals surface area (Å²) in [7, 11) is 0. The van der Waals surface area contributed by atoms with Crippen molar-refractivity contribution in [3.63, 3.8) is 0 Å². The van der Waals surface area contributed by atoms with Crippen LogP contribution in [0.25, 0.3) is 67.3 Å². The summed E-state index contributed by atoms with van der Waals surface area (Å²) in [4.78, 5) is 10.5. The molecule has 8 aromatic carbocycles. The number of para-hydroxylation sites is 1. The number of hydrogen-bond acceptors (Lipinski definition) is 3. The van der Waals surface area contributed by atoms with Crippen LogP contribution in [0.4, 0.5) is 0 Å². The molecule has 3 nitrogen and oxygen atoms in total. The Morgan fingerprint density at radius 1 is 0.304 bits per heavy atom. The van der Waals surface area contributed by atoms with E-state index < -0.39 is 5.41 Å². The summed E-state index contributed by atoms with van der Waals surface area (Å²) in [6.45, 7) is 0. The minimum absolute atomic E-state index is 0.506. The minimum Gasteiger partial charge on any atom is -0.457 e. The third-order valence-electron chi connectivity index (χ3n) is 11.4. The highest BCUT2D eigenvalue weighted by molar-refractivity contribution is 5.91. The van der Waals surface area contributed by atoms with Crippen molar-refractivity contribution in [3.05, 3.63) is 229 Å². The number of benzene rings is 8. The Bertz CT molecular complexity index is 2910. The van der Waals surface area contributed by atoms with Crippen LogP contribution in [-0.2, 0) is 5.41 Å². The Labute approximate surface area is 326 Å². The highest BCUT2D eigenvalue weighted by atomic mass is 16.5. The fraction of sp³-hybridized carbons (Fsp3) is 0.0189. The fourth-order valence-corrected chi connectivity index (χ4v) is 9.00. The largest absolute Gasteiger partial charge is 0.457 e. The molecule has 11 rings (SSSR count). The molecule has 0 atom stereocenters. The average molecular weight is 715 g/mol. The lowest BCUT2D eigenvalue weighted by molar-refractivity contribution is 0.436. The average Bonchev–Trinajstić information content (AvgIpc) is 3.57. The molecule has 56 heavy (non-hydrogen) atoms. The summed E-state index contributed by atoms with van der Waals surface area (Å²) < 4.78 is 6.89. The van der Waals surface area contributed by atoms with E-state index >= 15 is 0 Å². The van der Waals surface area contributed by atoms with Crippen molar-refractivity contribution in [2.24, 2.45) is 0 Å². The van der Waals surface area contributed by atoms with Gasteiger partial charge in [-0.25, -0.2) is 9.97 Å². The molecule has 0 saturated carbocycles. The number of aromatic nitrogens is 2. The molecule has 0 fully saturated rings. The van der Waals surface area contributed by atoms with E-state index in [-0.39, 0.29) is 0 Å². The first-order chi connectivity index (χ1) is 27.8. The molecule has 0 bridgehead atoms. The summed E-state index contributed by atoms with van der Waals surface area (Å²) >= 11 is 0. The van der Waals surface area contributed by atoms with E-state index in [4.69, 9.17) is 14.7 Å². The summed E-state index contributed by atoms with van der Waals surface area (Å²) in [5.74, 6) is 2.41. The number of ether oxygens (including phenoxy) is 1. The van der Waals surface area contributed by atoms with Gasteiger partial charge in [-0.2, -0.15) is 0 Å². The maximum atomic E-state index is 6.89. The third kappa shape index (κ3) is 4.91. The Hall–Kier alpha value is -7.36. The van der Waals surface area contributed by atoms with Gasteiger partial charge in [-0.05, 0) is 62.7 Å². The quantitative estimate of drug-likeness (QED) is 0.178. The standard InChI is InChI=1S/C53H34N2O/c1-3-17-35(18-4-1)38-21-7-9-25-42(38)48-34-49(55-52(54-48)36-19-5-2-6-20-36)43-26-10-8-22-39(43)37-31-32-47-51(33-37)56-50-30-16-15-29-46(50)53(47)44-27-13-11-23-40(44)41-24-12-14-28-45(41)53/h1-34H. The Kier molecular flexibility index (Phi) is 7.39. The maximum Gasteiger partial charge on any atom is 0.160 e. The van der Waals surface area contributed by atoms with E-state index in [9.17, 15) is 0 Å². The monoisotopic (exact) mass is 714 g/mol. The van der Waals surface area contributed by atoms with Crippen LogP contribution in [0, 0.1) is 0 Å². The van der Waals surface area contributed by atoms with Crippen LogP contribution in [0.5, 0.6) is 11.5 Å². The first kappa shape index (κ1) is 32.1. The Morgan fingerprint density at radius 2 is 0.750 bits per heavy atom. The number of nitrogens with zero attached hydrogens (tertiary/aromatic N) is 2. The molecule has 1 aromatic heterocycles. The zero-order chi connectivity index (χ0) is 37.1. The van der Waals surface area contributed by atoms with Gasteiger partial charge in [0.1, 0.15) is 11.5 Å². The smallest absolute Gasteiger partial charge is 0.160 e. The fourth-order valence-electron chi connectivity index (χ4n) is 9.00. The Balaban J connectivity index is 1.11. The summed E-state index contributed by atoms with van der Waals surface area (Å²) in [6.07, 6.45) is 0. The molecule has 0 amide bonds. The van der Waals surface area contributed by atoms with E-state index in [1.165, 1.54) is 22.3 Å². The van der Waals surface area contributed by atoms with Gasteiger partial charge >= 0.3 is 0 Å². The van der Waals surface area contributed by atoms with Gasteiger partial charge < -0.3 is 4.74 Å². The molecule has 0 radical (unpaired) electrons. The third-order valence-corrected chi connectivity index (χ3v) is 11.4. The van der Waals surface area contributed by atoms with Gasteiger partial charge in [0, 0.05) is 27.8 Å². The molecular formula is C53H34N2O. The van der Waals surface area contributed by atoms with Crippen molar-refractivity contribution in [1.82, 2.24) is 9.97 Å². The zero-order valence-corrected chi connectivity index (χ0v) is 30.4. The van der Waals surface area contributed by atoms with Crippen LogP contribution in [0.15, 0.2) is 206 Å². The highest BCUT2D eigenvalue weighted by Gasteiger charge is 2.50. The van der Waals surface area contributed by atoms with E-state index in [2.05, 4.69) is 188 Å². The second-order valence-electron chi connectivity index (χ2n) is 14.4. The molecule has 1 spiro atoms. The number of hydrogen-bond donors (Lipinski definition) is 0. The molecule has 262 valence electrons. The molecule has 1 aliphatic carbocycles. The molecule has 1 aliphatic heterocycles. The summed E-state index contributed by atoms with van der Waals surface area (Å²) in [5.41, 5.74) is 16.1. The van der Waals surface area contributed by atoms with Crippen molar-refractivity contribution >= 4 is 0 Å². The van der Waals surface area contributed by atoms with Gasteiger partial charge in [0.15, 0.2) is 5.82 Å². The van der Waals surface area contributed by atoms with Crippen LogP contribution >= 0.6 is 0 Å². The molecule has 2 aliphatic rings. The number of rotatable bonds is 5. The second-order valence-corrected chi connectivity index (χ2v) is 14.4. The topological polar surface area (TPSA) is 35.0 Å². The SMILES string of the molecule is c1ccc(-c2nc(-c3ccccc3-c3ccccc3)cc(-c3ccccc3-c3ccc4c(c3)Oc3ccccc3C43c4ccccc4-c4ccccc43)n2)cc1. The van der Waals surface area contributed by atoms with Crippen LogP contribution in [0.3, 0.4) is 0 Å². The normalized spacial score (nSPS) is 12.9. The Morgan fingerprint density at radius 3 is 1.36 bits per heavy atom. The predicted octanol–water partition coefficient (Wildman–Crippen LogP) is 13.3. The van der Waals surface area contributed by atoms with Crippen LogP contribution in [0.1, 0.15) is 22.3 Å². The summed E-state index contributed by atoms with van der Waals surface area (Å²) in [5, 5.41) is 0. The highest BCUT2D eigenvalue weighted by Crippen LogP contribution is 2.62. The van der Waals surface area contributed by atoms with Crippen LogP contribution < -0.4 is 4.74 Å². The van der Waals surface area contributed by atoms with Gasteiger partial charge in [0.05, 0.1) is 16.8 Å². The molecule has 0 saturated heterocycles. The van der Waals surface area contributed by atoms with Crippen molar-refractivity contribution in [3.8, 4) is 78.8 Å². The maximum absolute atomic E-state index is 6.89. The molecule has 3 heteroatoms. The molecule has 0 unspecified atom stereocenters. The van der Waals surface area contributed by atoms with Crippen molar-refractivity contribution in [1.29, 1.82) is 0 Å². The molecule has 2 heterocycles. The van der Waals surface area contributed by atoms with Crippen LogP contribution in [0.2, 0.25) is 0 Å². The van der Waals surface area contributed by atoms with E-state index in [1.54, 1.807) is 0 Å². The molecule has 0 N–H and O–H groups in total. The minimum atomic E-state index is -0.506. The van der Waals surface area contributed by atoms with Gasteiger partial charge in [0.2, 0.25) is 0 Å². The molecule has 9 aromatic rings. The second kappa shape index (κ2) is 12.9. The van der Waals surface area contributed by atoms with Crippen molar-refractivity contribution < 1.29 is 4.74 Å². The van der Waals surface area contributed by atoms with Gasteiger partial charge in [-0.15, -0.1) is 0 Å². The summed E-state index contributed by atoms with van der Waals surface area (Å²) in [6, 6.07) is 72.9. The van der Waals surface area contributed by atoms with Gasteiger partial charge in [-0.3, -0.25) is 0 Å². The lowest BCUT2D eigenvalue weighted by Crippen LogP contribution is -2.32. The van der Waals surface area contributed by atoms with E-state index in [1.807, 2.05) is 18.2 Å². The lowest BCUT2D eigenvalue weighted by atomic mass is 9.66.